The Kier molecular flexibility index (Phi) is 12.0. The van der Waals surface area contributed by atoms with Crippen LogP contribution in [-0.4, -0.2) is 117 Å². The van der Waals surface area contributed by atoms with Crippen molar-refractivity contribution in [3.05, 3.63) is 0 Å². The van der Waals surface area contributed by atoms with E-state index in [1.54, 1.807) is 0 Å². The van der Waals surface area contributed by atoms with Gasteiger partial charge in [0.25, 0.3) is 0 Å². The molecule has 0 unspecified atom stereocenters. The largest absolute Gasteiger partial charge is 0.481 e. The highest BCUT2D eigenvalue weighted by Crippen LogP contribution is 2.68. The van der Waals surface area contributed by atoms with Crippen LogP contribution in [0.3, 0.4) is 0 Å². The molecule has 4 fully saturated rings. The third kappa shape index (κ3) is 8.45. The summed E-state index contributed by atoms with van der Waals surface area (Å²) >= 11 is 0. The number of ether oxygens (including phenoxy) is 1. The van der Waals surface area contributed by atoms with E-state index in [0.717, 1.165) is 38.5 Å². The minimum absolute atomic E-state index is 0.00816. The Morgan fingerprint density at radius 1 is 0.766 bits per heavy atom. The molecule has 0 saturated heterocycles. The Morgan fingerprint density at radius 3 is 1.94 bits per heavy atom. The highest BCUT2D eigenvalue weighted by molar-refractivity contribution is 5.74. The van der Waals surface area contributed by atoms with Crippen LogP contribution in [0.4, 0.5) is 0 Å². The van der Waals surface area contributed by atoms with E-state index in [-0.39, 0.29) is 48.9 Å². The SMILES string of the molecule is C[C@H](CCC(=O)O)[C@H]1CC[C@H]2[C@@H]3CC[C@@H]4C[C@H](OC(=O)CN(CCN(CC(=O)O)CC(=O)O)CC(=O)O)CC[C@]4(C)[C@H]3C[C@H](O)[C@]12C. The number of hydrogen-bond acceptors (Lipinski definition) is 9. The zero-order valence-corrected chi connectivity index (χ0v) is 28.0. The van der Waals surface area contributed by atoms with E-state index in [2.05, 4.69) is 20.8 Å². The van der Waals surface area contributed by atoms with Crippen molar-refractivity contribution in [1.29, 1.82) is 0 Å². The Morgan fingerprint density at radius 2 is 1.36 bits per heavy atom. The van der Waals surface area contributed by atoms with Crippen molar-refractivity contribution in [3.8, 4) is 0 Å². The van der Waals surface area contributed by atoms with Crippen LogP contribution < -0.4 is 0 Å². The maximum Gasteiger partial charge on any atom is 0.320 e. The normalized spacial score (nSPS) is 35.4. The summed E-state index contributed by atoms with van der Waals surface area (Å²) in [5.74, 6) is -2.76. The molecular formula is C34H54N2O11. The number of carboxylic acid groups (broad SMARTS) is 4. The van der Waals surface area contributed by atoms with E-state index in [1.165, 1.54) is 9.80 Å². The Balaban J connectivity index is 1.35. The van der Waals surface area contributed by atoms with Crippen LogP contribution in [0.2, 0.25) is 0 Å². The van der Waals surface area contributed by atoms with Crippen LogP contribution >= 0.6 is 0 Å². The monoisotopic (exact) mass is 666 g/mol. The average molecular weight is 667 g/mol. The van der Waals surface area contributed by atoms with Crippen LogP contribution in [0.1, 0.15) is 85.0 Å². The quantitative estimate of drug-likeness (QED) is 0.151. The minimum Gasteiger partial charge on any atom is -0.481 e. The molecule has 0 bridgehead atoms. The van der Waals surface area contributed by atoms with E-state index in [1.807, 2.05) is 0 Å². The lowest BCUT2D eigenvalue weighted by Gasteiger charge is -2.62. The van der Waals surface area contributed by atoms with Gasteiger partial charge < -0.3 is 30.3 Å². The first-order valence-corrected chi connectivity index (χ1v) is 17.2. The molecule has 0 aliphatic heterocycles. The summed E-state index contributed by atoms with van der Waals surface area (Å²) < 4.78 is 5.89. The van der Waals surface area contributed by atoms with Gasteiger partial charge in [-0.05, 0) is 104 Å². The topological polar surface area (TPSA) is 202 Å². The molecule has 0 aromatic carbocycles. The van der Waals surface area contributed by atoms with Crippen LogP contribution in [-0.2, 0) is 28.7 Å². The van der Waals surface area contributed by atoms with Crippen LogP contribution in [0, 0.1) is 46.3 Å². The minimum atomic E-state index is -1.21. The van der Waals surface area contributed by atoms with Gasteiger partial charge in [-0.15, -0.1) is 0 Å². The lowest BCUT2D eigenvalue weighted by molar-refractivity contribution is -0.182. The molecule has 0 aromatic rings. The fourth-order valence-electron chi connectivity index (χ4n) is 10.5. The molecule has 0 heterocycles. The zero-order valence-electron chi connectivity index (χ0n) is 28.0. The number of aliphatic hydroxyl groups excluding tert-OH is 1. The van der Waals surface area contributed by atoms with Gasteiger partial charge in [-0.1, -0.05) is 20.8 Å². The van der Waals surface area contributed by atoms with Crippen molar-refractivity contribution in [2.45, 2.75) is 97.2 Å². The van der Waals surface area contributed by atoms with Gasteiger partial charge in [0.2, 0.25) is 0 Å². The molecule has 266 valence electrons. The van der Waals surface area contributed by atoms with Crippen molar-refractivity contribution in [2.75, 3.05) is 39.3 Å². The van der Waals surface area contributed by atoms with E-state index >= 15 is 0 Å². The molecule has 4 aliphatic carbocycles. The van der Waals surface area contributed by atoms with Crippen molar-refractivity contribution in [3.63, 3.8) is 0 Å². The first kappa shape index (κ1) is 37.1. The van der Waals surface area contributed by atoms with E-state index in [0.29, 0.717) is 48.9 Å². The number of fused-ring (bicyclic) bond motifs is 5. The molecule has 4 aliphatic rings. The summed E-state index contributed by atoms with van der Waals surface area (Å²) in [5.41, 5.74) is -0.205. The van der Waals surface area contributed by atoms with Gasteiger partial charge in [0.1, 0.15) is 6.10 Å². The molecule has 13 nitrogen and oxygen atoms in total. The standard InChI is InChI=1S/C34H54N2O11/c1-20(4-9-28(38)39)24-7-8-25-23-6-5-21-14-22(10-11-33(21,2)26(23)15-27(37)34(24,25)3)47-32(46)19-36(18-31(44)45)13-12-35(16-29(40)41)17-30(42)43/h20-27,37H,4-19H2,1-3H3,(H,38,39)(H,40,41)(H,42,43)(H,44,45)/t20-,21-,22-,23+,24-,25+,26+,27+,33+,34-/m1/s1. The second kappa shape index (κ2) is 15.2. The predicted molar refractivity (Wildman–Crippen MR) is 168 cm³/mol. The van der Waals surface area contributed by atoms with Crippen molar-refractivity contribution in [2.24, 2.45) is 46.3 Å². The zero-order chi connectivity index (χ0) is 34.7. The van der Waals surface area contributed by atoms with Gasteiger partial charge in [-0.3, -0.25) is 33.8 Å². The molecule has 0 radical (unpaired) electrons. The predicted octanol–water partition coefficient (Wildman–Crippen LogP) is 2.89. The second-order valence-electron chi connectivity index (χ2n) is 15.4. The molecule has 4 rings (SSSR count). The maximum absolute atomic E-state index is 13.0. The number of carboxylic acids is 4. The lowest BCUT2D eigenvalue weighted by atomic mass is 9.43. The van der Waals surface area contributed by atoms with Crippen molar-refractivity contribution >= 4 is 29.8 Å². The number of nitrogens with zero attached hydrogens (tertiary/aromatic N) is 2. The van der Waals surface area contributed by atoms with Gasteiger partial charge in [0, 0.05) is 19.5 Å². The summed E-state index contributed by atoms with van der Waals surface area (Å²) in [6.07, 6.45) is 7.20. The van der Waals surface area contributed by atoms with Gasteiger partial charge in [-0.2, -0.15) is 0 Å². The van der Waals surface area contributed by atoms with Crippen LogP contribution in [0.5, 0.6) is 0 Å². The molecular weight excluding hydrogens is 612 g/mol. The van der Waals surface area contributed by atoms with Crippen LogP contribution in [0.25, 0.3) is 0 Å². The second-order valence-corrected chi connectivity index (χ2v) is 15.4. The molecule has 5 N–H and O–H groups in total. The Bertz CT molecular complexity index is 1160. The molecule has 10 atom stereocenters. The highest BCUT2D eigenvalue weighted by atomic mass is 16.5. The molecule has 13 heteroatoms. The summed E-state index contributed by atoms with van der Waals surface area (Å²) in [6.45, 7) is 4.87. The average Bonchev–Trinajstić information content (AvgIpc) is 3.33. The smallest absolute Gasteiger partial charge is 0.320 e. The number of esters is 1. The number of carbonyl (C=O) groups excluding carboxylic acids is 1. The summed E-state index contributed by atoms with van der Waals surface area (Å²) in [4.78, 5) is 60.5. The van der Waals surface area contributed by atoms with E-state index < -0.39 is 55.6 Å². The number of aliphatic carboxylic acids is 4. The number of rotatable bonds is 16. The highest BCUT2D eigenvalue weighted by Gasteiger charge is 2.63. The Labute approximate surface area is 276 Å². The van der Waals surface area contributed by atoms with Gasteiger partial charge in [0.05, 0.1) is 32.3 Å². The summed E-state index contributed by atoms with van der Waals surface area (Å²) in [6, 6.07) is 0. The fourth-order valence-corrected chi connectivity index (χ4v) is 10.5. The number of aliphatic hydroxyl groups is 1. The Hall–Kier alpha value is -2.77. The number of carbonyl (C=O) groups is 5. The molecule has 0 spiro atoms. The summed E-state index contributed by atoms with van der Waals surface area (Å²) in [7, 11) is 0. The number of hydrogen-bond donors (Lipinski definition) is 5. The first-order valence-electron chi connectivity index (χ1n) is 17.2. The van der Waals surface area contributed by atoms with Crippen molar-refractivity contribution in [1.82, 2.24) is 9.80 Å². The molecule has 0 aromatic heterocycles. The maximum atomic E-state index is 13.0. The third-order valence-corrected chi connectivity index (χ3v) is 12.8. The third-order valence-electron chi connectivity index (χ3n) is 12.8. The first-order chi connectivity index (χ1) is 22.0. The van der Waals surface area contributed by atoms with Gasteiger partial charge in [0.15, 0.2) is 0 Å². The molecule has 4 saturated carbocycles. The van der Waals surface area contributed by atoms with Crippen LogP contribution in [0.15, 0.2) is 0 Å². The molecule has 47 heavy (non-hydrogen) atoms. The van der Waals surface area contributed by atoms with Crippen molar-refractivity contribution < 1.29 is 54.2 Å². The van der Waals surface area contributed by atoms with E-state index in [4.69, 9.17) is 14.9 Å². The van der Waals surface area contributed by atoms with E-state index in [9.17, 15) is 39.3 Å². The van der Waals surface area contributed by atoms with Gasteiger partial charge >= 0.3 is 29.8 Å². The van der Waals surface area contributed by atoms with Gasteiger partial charge in [-0.25, -0.2) is 0 Å². The summed E-state index contributed by atoms with van der Waals surface area (Å²) in [5, 5.41) is 48.5. The lowest BCUT2D eigenvalue weighted by Crippen LogP contribution is -2.59. The fraction of sp³-hybridized carbons (Fsp3) is 0.853. The molecule has 0 amide bonds.